The first kappa shape index (κ1) is 22.6. The number of anilines is 1. The molecule has 4 rings (SSSR count). The number of hydrogen-bond donors (Lipinski definition) is 1. The topological polar surface area (TPSA) is 84.9 Å². The highest BCUT2D eigenvalue weighted by Crippen LogP contribution is 2.32. The molecule has 1 N–H and O–H groups in total. The third kappa shape index (κ3) is 4.76. The third-order valence-electron chi connectivity index (χ3n) is 4.81. The molecule has 0 unspecified atom stereocenters. The summed E-state index contributed by atoms with van der Waals surface area (Å²) < 4.78 is 11.1. The molecular weight excluding hydrogens is 464 g/mol. The molecule has 0 spiro atoms. The number of aryl methyl sites for hydroxylation is 1. The SMILES string of the molecule is CCOc1cc(/C=C2\C(=O)NN(c3ccc(C)c(Cl)c3)C2=O)ccc1OC(=O)c1cccs1. The van der Waals surface area contributed by atoms with Crippen molar-refractivity contribution in [3.8, 4) is 11.5 Å². The van der Waals surface area contributed by atoms with Gasteiger partial charge in [0.05, 0.1) is 12.3 Å². The quantitative estimate of drug-likeness (QED) is 0.236. The highest BCUT2D eigenvalue weighted by molar-refractivity contribution is 7.12. The largest absolute Gasteiger partial charge is 0.490 e. The second-order valence-corrected chi connectivity index (χ2v) is 8.43. The molecule has 0 atom stereocenters. The van der Waals surface area contributed by atoms with Gasteiger partial charge in [-0.1, -0.05) is 29.8 Å². The fourth-order valence-corrected chi connectivity index (χ4v) is 3.91. The molecule has 9 heteroatoms. The van der Waals surface area contributed by atoms with Crippen molar-refractivity contribution in [2.75, 3.05) is 11.6 Å². The highest BCUT2D eigenvalue weighted by atomic mass is 35.5. The first-order chi connectivity index (χ1) is 15.9. The summed E-state index contributed by atoms with van der Waals surface area (Å²) in [4.78, 5) is 38.2. The Kier molecular flexibility index (Phi) is 6.48. The highest BCUT2D eigenvalue weighted by Gasteiger charge is 2.34. The molecule has 2 amide bonds. The number of amides is 2. The maximum Gasteiger partial charge on any atom is 0.353 e. The molecule has 1 saturated heterocycles. The van der Waals surface area contributed by atoms with Crippen molar-refractivity contribution < 1.29 is 23.9 Å². The predicted octanol–water partition coefficient (Wildman–Crippen LogP) is 4.79. The lowest BCUT2D eigenvalue weighted by molar-refractivity contribution is -0.117. The van der Waals surface area contributed by atoms with Crippen LogP contribution in [0, 0.1) is 6.92 Å². The molecule has 1 fully saturated rings. The lowest BCUT2D eigenvalue weighted by Gasteiger charge is -2.15. The van der Waals surface area contributed by atoms with Crippen molar-refractivity contribution >= 4 is 52.5 Å². The van der Waals surface area contributed by atoms with E-state index in [1.807, 2.05) is 6.92 Å². The number of halogens is 1. The summed E-state index contributed by atoms with van der Waals surface area (Å²) in [5, 5.41) is 3.42. The first-order valence-corrected chi connectivity index (χ1v) is 11.3. The molecule has 3 aromatic rings. The van der Waals surface area contributed by atoms with Crippen molar-refractivity contribution in [1.82, 2.24) is 5.43 Å². The Bertz CT molecular complexity index is 1270. The first-order valence-electron chi connectivity index (χ1n) is 10.0. The van der Waals surface area contributed by atoms with Crippen LogP contribution in [-0.2, 0) is 9.59 Å². The van der Waals surface area contributed by atoms with E-state index in [9.17, 15) is 14.4 Å². The van der Waals surface area contributed by atoms with Gasteiger partial charge in [-0.05, 0) is 66.8 Å². The molecule has 0 aliphatic carbocycles. The Labute approximate surface area is 199 Å². The van der Waals surface area contributed by atoms with Crippen molar-refractivity contribution in [2.24, 2.45) is 0 Å². The van der Waals surface area contributed by atoms with Gasteiger partial charge in [-0.25, -0.2) is 9.80 Å². The van der Waals surface area contributed by atoms with Crippen LogP contribution in [0.1, 0.15) is 27.7 Å². The van der Waals surface area contributed by atoms with Crippen LogP contribution in [0.4, 0.5) is 5.69 Å². The van der Waals surface area contributed by atoms with Crippen molar-refractivity contribution in [1.29, 1.82) is 0 Å². The van der Waals surface area contributed by atoms with Crippen LogP contribution in [0.15, 0.2) is 59.5 Å². The molecule has 2 heterocycles. The lowest BCUT2D eigenvalue weighted by atomic mass is 10.1. The van der Waals surface area contributed by atoms with Crippen molar-refractivity contribution in [3.63, 3.8) is 0 Å². The minimum Gasteiger partial charge on any atom is -0.490 e. The number of nitrogens with zero attached hydrogens (tertiary/aromatic N) is 1. The Hall–Kier alpha value is -3.62. The van der Waals surface area contributed by atoms with E-state index in [4.69, 9.17) is 21.1 Å². The van der Waals surface area contributed by atoms with Crippen molar-refractivity contribution in [2.45, 2.75) is 13.8 Å². The average Bonchev–Trinajstić information content (AvgIpc) is 3.42. The zero-order chi connectivity index (χ0) is 23.5. The molecule has 2 aromatic carbocycles. The number of nitrogens with one attached hydrogen (secondary N) is 1. The number of esters is 1. The summed E-state index contributed by atoms with van der Waals surface area (Å²) in [6, 6.07) is 13.3. The number of thiophene rings is 1. The molecule has 7 nitrogen and oxygen atoms in total. The summed E-state index contributed by atoms with van der Waals surface area (Å²) in [6.07, 6.45) is 1.46. The molecule has 1 aliphatic heterocycles. The van der Waals surface area contributed by atoms with Gasteiger partial charge in [0.2, 0.25) is 0 Å². The predicted molar refractivity (Wildman–Crippen MR) is 127 cm³/mol. The van der Waals surface area contributed by atoms with E-state index in [0.29, 0.717) is 33.5 Å². The Morgan fingerprint density at radius 2 is 1.97 bits per heavy atom. The van der Waals surface area contributed by atoms with Crippen LogP contribution in [0.3, 0.4) is 0 Å². The van der Waals surface area contributed by atoms with Gasteiger partial charge >= 0.3 is 5.97 Å². The Balaban J connectivity index is 1.60. The zero-order valence-electron chi connectivity index (χ0n) is 17.8. The fourth-order valence-electron chi connectivity index (χ4n) is 3.14. The molecule has 33 heavy (non-hydrogen) atoms. The standard InChI is InChI=1S/C24H19ClN2O5S/c1-3-31-20-12-15(7-9-19(20)32-24(30)21-5-4-10-33-21)11-17-22(28)26-27(23(17)29)16-8-6-14(2)18(25)13-16/h4-13H,3H2,1-2H3,(H,26,28)/b17-11+. The second-order valence-electron chi connectivity index (χ2n) is 7.08. The number of hydrazine groups is 1. The average molecular weight is 483 g/mol. The van der Waals surface area contributed by atoms with Gasteiger partial charge in [0.1, 0.15) is 10.5 Å². The number of benzene rings is 2. The summed E-state index contributed by atoms with van der Waals surface area (Å²) >= 11 is 7.43. The molecule has 0 bridgehead atoms. The van der Waals surface area contributed by atoms with Gasteiger partial charge in [0.25, 0.3) is 11.8 Å². The van der Waals surface area contributed by atoms with Gasteiger partial charge in [-0.2, -0.15) is 0 Å². The van der Waals surface area contributed by atoms with Gasteiger partial charge in [0, 0.05) is 5.02 Å². The van der Waals surface area contributed by atoms with Crippen LogP contribution in [0.2, 0.25) is 5.02 Å². The third-order valence-corrected chi connectivity index (χ3v) is 6.07. The van der Waals surface area contributed by atoms with Crippen LogP contribution in [0.5, 0.6) is 11.5 Å². The maximum atomic E-state index is 12.9. The van der Waals surface area contributed by atoms with Crippen LogP contribution in [0.25, 0.3) is 6.08 Å². The zero-order valence-corrected chi connectivity index (χ0v) is 19.3. The summed E-state index contributed by atoms with van der Waals surface area (Å²) in [6.45, 7) is 3.98. The van der Waals surface area contributed by atoms with Gasteiger partial charge in [0.15, 0.2) is 11.5 Å². The second kappa shape index (κ2) is 9.48. The van der Waals surface area contributed by atoms with Gasteiger partial charge < -0.3 is 9.47 Å². The summed E-state index contributed by atoms with van der Waals surface area (Å²) in [7, 11) is 0. The molecule has 0 saturated carbocycles. The van der Waals surface area contributed by atoms with Crippen LogP contribution < -0.4 is 19.9 Å². The van der Waals surface area contributed by atoms with Crippen LogP contribution >= 0.6 is 22.9 Å². The number of carbonyl (C=O) groups is 3. The molecule has 168 valence electrons. The Morgan fingerprint density at radius 3 is 2.67 bits per heavy atom. The van der Waals surface area contributed by atoms with E-state index in [1.165, 1.54) is 17.4 Å². The van der Waals surface area contributed by atoms with E-state index in [2.05, 4.69) is 5.43 Å². The lowest BCUT2D eigenvalue weighted by Crippen LogP contribution is -2.35. The number of hydrogen-bond acceptors (Lipinski definition) is 6. The normalized spacial score (nSPS) is 14.5. The van der Waals surface area contributed by atoms with Gasteiger partial charge in [-0.15, -0.1) is 11.3 Å². The van der Waals surface area contributed by atoms with Gasteiger partial charge in [-0.3, -0.25) is 15.0 Å². The molecule has 1 aromatic heterocycles. The minimum atomic E-state index is -0.539. The van der Waals surface area contributed by atoms with Crippen LogP contribution in [-0.4, -0.2) is 24.4 Å². The van der Waals surface area contributed by atoms with E-state index in [-0.39, 0.29) is 11.3 Å². The minimum absolute atomic E-state index is 0.0440. The number of ether oxygens (including phenoxy) is 2. The number of rotatable bonds is 6. The Morgan fingerprint density at radius 1 is 1.15 bits per heavy atom. The summed E-state index contributed by atoms with van der Waals surface area (Å²) in [5.74, 6) is -0.968. The van der Waals surface area contributed by atoms with E-state index in [1.54, 1.807) is 60.8 Å². The molecule has 0 radical (unpaired) electrons. The van der Waals surface area contributed by atoms with E-state index in [0.717, 1.165) is 10.6 Å². The van der Waals surface area contributed by atoms with Crippen molar-refractivity contribution in [3.05, 3.63) is 80.5 Å². The number of carbonyl (C=O) groups excluding carboxylic acids is 3. The van der Waals surface area contributed by atoms with E-state index < -0.39 is 17.8 Å². The molecule has 1 aliphatic rings. The summed E-state index contributed by atoms with van der Waals surface area (Å²) in [5.41, 5.74) is 4.36. The maximum absolute atomic E-state index is 12.9. The van der Waals surface area contributed by atoms with E-state index >= 15 is 0 Å². The smallest absolute Gasteiger partial charge is 0.353 e. The fraction of sp³-hybridized carbons (Fsp3) is 0.125. The monoisotopic (exact) mass is 482 g/mol. The molecular formula is C24H19ClN2O5S.